The quantitative estimate of drug-likeness (QED) is 0.788. The summed E-state index contributed by atoms with van der Waals surface area (Å²) in [6.45, 7) is 1.83. The van der Waals surface area contributed by atoms with Crippen molar-refractivity contribution in [3.05, 3.63) is 22.8 Å². The second-order valence-corrected chi connectivity index (χ2v) is 5.51. The maximum Gasteiger partial charge on any atom is 0.358 e. The summed E-state index contributed by atoms with van der Waals surface area (Å²) in [6, 6.07) is 3.47. The molecule has 6 nitrogen and oxygen atoms in total. The van der Waals surface area contributed by atoms with Crippen molar-refractivity contribution in [2.24, 2.45) is 0 Å². The number of hydrogen-bond donors (Lipinski definition) is 0. The van der Waals surface area contributed by atoms with Crippen molar-refractivity contribution >= 4 is 17.3 Å². The fourth-order valence-corrected chi connectivity index (χ4v) is 2.98. The lowest BCUT2D eigenvalue weighted by atomic mass is 10.1. The second-order valence-electron chi connectivity index (χ2n) is 4.31. The lowest BCUT2D eigenvalue weighted by molar-refractivity contribution is 0.0595. The molecule has 1 heterocycles. The van der Waals surface area contributed by atoms with Gasteiger partial charge in [0.2, 0.25) is 0 Å². The van der Waals surface area contributed by atoms with E-state index >= 15 is 0 Å². The van der Waals surface area contributed by atoms with Crippen molar-refractivity contribution in [2.75, 3.05) is 28.4 Å². The first-order chi connectivity index (χ1) is 10.5. The van der Waals surface area contributed by atoms with Gasteiger partial charge in [-0.2, -0.15) is 0 Å². The highest BCUT2D eigenvalue weighted by atomic mass is 32.1. The first-order valence-electron chi connectivity index (χ1n) is 6.41. The van der Waals surface area contributed by atoms with Gasteiger partial charge in [0.15, 0.2) is 17.2 Å². The zero-order valence-electron chi connectivity index (χ0n) is 13.1. The number of esters is 1. The zero-order valence-corrected chi connectivity index (χ0v) is 13.9. The number of benzene rings is 1. The van der Waals surface area contributed by atoms with E-state index in [4.69, 9.17) is 18.9 Å². The molecule has 0 fully saturated rings. The summed E-state index contributed by atoms with van der Waals surface area (Å²) in [6.07, 6.45) is 0. The smallest absolute Gasteiger partial charge is 0.358 e. The van der Waals surface area contributed by atoms with Crippen LogP contribution in [0.2, 0.25) is 0 Å². The summed E-state index contributed by atoms with van der Waals surface area (Å²) < 4.78 is 20.8. The Morgan fingerprint density at radius 2 is 1.59 bits per heavy atom. The molecule has 7 heteroatoms. The molecule has 0 spiro atoms. The van der Waals surface area contributed by atoms with Gasteiger partial charge >= 0.3 is 5.97 Å². The topological polar surface area (TPSA) is 66.9 Å². The molecule has 2 aromatic rings. The molecule has 0 radical (unpaired) electrons. The number of carbonyl (C=O) groups is 1. The highest BCUT2D eigenvalue weighted by Crippen LogP contribution is 2.43. The summed E-state index contributed by atoms with van der Waals surface area (Å²) in [5.41, 5.74) is 0.960. The number of aromatic nitrogens is 1. The standard InChI is InChI=1S/C15H17NO5S/c1-8-16-13(15(17)21-5)14(22-8)9-6-11(19-3)12(20-4)7-10(9)18-2/h6-7H,1-5H3. The molecule has 1 aromatic carbocycles. The van der Waals surface area contributed by atoms with Crippen LogP contribution >= 0.6 is 11.3 Å². The van der Waals surface area contributed by atoms with Gasteiger partial charge in [-0.15, -0.1) is 11.3 Å². The summed E-state index contributed by atoms with van der Waals surface area (Å²) in [5, 5.41) is 0.757. The Labute approximate surface area is 132 Å². The summed E-state index contributed by atoms with van der Waals surface area (Å²) >= 11 is 1.39. The number of ether oxygens (including phenoxy) is 4. The van der Waals surface area contributed by atoms with Crippen molar-refractivity contribution in [1.82, 2.24) is 4.98 Å². The molecule has 0 N–H and O–H groups in total. The van der Waals surface area contributed by atoms with Crippen LogP contribution in [0.3, 0.4) is 0 Å². The van der Waals surface area contributed by atoms with E-state index in [1.165, 1.54) is 18.4 Å². The Kier molecular flexibility index (Phi) is 4.87. The van der Waals surface area contributed by atoms with E-state index in [1.54, 1.807) is 33.5 Å². The minimum Gasteiger partial charge on any atom is -0.496 e. The van der Waals surface area contributed by atoms with Crippen LogP contribution in [0.15, 0.2) is 12.1 Å². The summed E-state index contributed by atoms with van der Waals surface area (Å²) in [4.78, 5) is 16.8. The highest BCUT2D eigenvalue weighted by Gasteiger charge is 2.23. The number of carbonyl (C=O) groups excluding carboxylic acids is 1. The van der Waals surface area contributed by atoms with Crippen LogP contribution in [0.1, 0.15) is 15.5 Å². The van der Waals surface area contributed by atoms with Crippen molar-refractivity contribution in [3.8, 4) is 27.7 Å². The first-order valence-corrected chi connectivity index (χ1v) is 7.23. The third-order valence-electron chi connectivity index (χ3n) is 3.06. The number of methoxy groups -OCH3 is 4. The number of hydrogen-bond acceptors (Lipinski definition) is 7. The van der Waals surface area contributed by atoms with E-state index in [2.05, 4.69) is 4.98 Å². The van der Waals surface area contributed by atoms with Crippen LogP contribution in [0.4, 0.5) is 0 Å². The Hall–Kier alpha value is -2.28. The monoisotopic (exact) mass is 323 g/mol. The largest absolute Gasteiger partial charge is 0.496 e. The summed E-state index contributed by atoms with van der Waals surface area (Å²) in [7, 11) is 5.98. The van der Waals surface area contributed by atoms with Gasteiger partial charge in [-0.1, -0.05) is 0 Å². The normalized spacial score (nSPS) is 10.2. The van der Waals surface area contributed by atoms with E-state index in [-0.39, 0.29) is 5.69 Å². The first kappa shape index (κ1) is 16.1. The molecule has 118 valence electrons. The summed E-state index contributed by atoms with van der Waals surface area (Å²) in [5.74, 6) is 1.16. The van der Waals surface area contributed by atoms with E-state index < -0.39 is 5.97 Å². The lowest BCUT2D eigenvalue weighted by Gasteiger charge is -2.13. The predicted octanol–water partition coefficient (Wildman–Crippen LogP) is 2.93. The van der Waals surface area contributed by atoms with Gasteiger partial charge in [0.05, 0.1) is 38.3 Å². The molecule has 0 aliphatic heterocycles. The fraction of sp³-hybridized carbons (Fsp3) is 0.333. The molecule has 0 aliphatic carbocycles. The van der Waals surface area contributed by atoms with E-state index in [0.29, 0.717) is 27.7 Å². The molecule has 0 bridgehead atoms. The Balaban J connectivity index is 2.69. The van der Waals surface area contributed by atoms with Crippen LogP contribution in [-0.2, 0) is 4.74 Å². The molecule has 0 saturated carbocycles. The molecule has 0 amide bonds. The van der Waals surface area contributed by atoms with Gasteiger partial charge in [0.1, 0.15) is 5.75 Å². The zero-order chi connectivity index (χ0) is 16.3. The van der Waals surface area contributed by atoms with Crippen LogP contribution in [0.5, 0.6) is 17.2 Å². The molecule has 0 atom stereocenters. The molecular weight excluding hydrogens is 306 g/mol. The molecule has 1 aromatic heterocycles. The van der Waals surface area contributed by atoms with Gasteiger partial charge in [-0.05, 0) is 13.0 Å². The Bertz CT molecular complexity index is 695. The second kappa shape index (κ2) is 6.65. The minimum atomic E-state index is -0.490. The Morgan fingerprint density at radius 3 is 2.14 bits per heavy atom. The third-order valence-corrected chi connectivity index (χ3v) is 4.07. The van der Waals surface area contributed by atoms with Crippen LogP contribution in [0.25, 0.3) is 10.4 Å². The average molecular weight is 323 g/mol. The predicted molar refractivity (Wildman–Crippen MR) is 83.3 cm³/mol. The van der Waals surface area contributed by atoms with E-state index in [0.717, 1.165) is 5.01 Å². The molecular formula is C15H17NO5S. The lowest BCUT2D eigenvalue weighted by Crippen LogP contribution is -2.04. The van der Waals surface area contributed by atoms with E-state index in [9.17, 15) is 4.79 Å². The minimum absolute atomic E-state index is 0.260. The van der Waals surface area contributed by atoms with Crippen molar-refractivity contribution in [2.45, 2.75) is 6.92 Å². The number of thiazole rings is 1. The SMILES string of the molecule is COC(=O)c1nc(C)sc1-c1cc(OC)c(OC)cc1OC. The number of nitrogens with zero attached hydrogens (tertiary/aromatic N) is 1. The maximum atomic E-state index is 11.9. The molecule has 0 aliphatic rings. The molecule has 22 heavy (non-hydrogen) atoms. The molecule has 0 saturated heterocycles. The van der Waals surface area contributed by atoms with Crippen LogP contribution < -0.4 is 14.2 Å². The van der Waals surface area contributed by atoms with Gasteiger partial charge in [0, 0.05) is 11.6 Å². The third kappa shape index (κ3) is 2.85. The average Bonchev–Trinajstić information content (AvgIpc) is 2.94. The van der Waals surface area contributed by atoms with Gasteiger partial charge in [0.25, 0.3) is 0 Å². The fourth-order valence-electron chi connectivity index (χ4n) is 2.05. The van der Waals surface area contributed by atoms with Gasteiger partial charge in [-0.3, -0.25) is 0 Å². The van der Waals surface area contributed by atoms with Gasteiger partial charge in [-0.25, -0.2) is 9.78 Å². The maximum absolute atomic E-state index is 11.9. The van der Waals surface area contributed by atoms with E-state index in [1.807, 2.05) is 6.92 Å². The molecule has 2 rings (SSSR count). The molecule has 0 unspecified atom stereocenters. The van der Waals surface area contributed by atoms with Gasteiger partial charge < -0.3 is 18.9 Å². The Morgan fingerprint density at radius 1 is 1.00 bits per heavy atom. The highest BCUT2D eigenvalue weighted by molar-refractivity contribution is 7.15. The number of aryl methyl sites for hydroxylation is 1. The van der Waals surface area contributed by atoms with Crippen molar-refractivity contribution in [1.29, 1.82) is 0 Å². The van der Waals surface area contributed by atoms with Crippen LogP contribution in [-0.4, -0.2) is 39.4 Å². The van der Waals surface area contributed by atoms with Crippen molar-refractivity contribution in [3.63, 3.8) is 0 Å². The number of rotatable bonds is 5. The van der Waals surface area contributed by atoms with Crippen LogP contribution in [0, 0.1) is 6.92 Å². The van der Waals surface area contributed by atoms with Crippen molar-refractivity contribution < 1.29 is 23.7 Å².